The number of rotatable bonds is 6. The fourth-order valence-corrected chi connectivity index (χ4v) is 2.63. The van der Waals surface area contributed by atoms with E-state index in [1.54, 1.807) is 0 Å². The third kappa shape index (κ3) is 4.40. The Hall–Kier alpha value is -0.120. The lowest BCUT2D eigenvalue weighted by Crippen LogP contribution is -2.43. The highest BCUT2D eigenvalue weighted by Gasteiger charge is 2.24. The predicted molar refractivity (Wildman–Crippen MR) is 68.3 cm³/mol. The molecule has 0 aromatic rings. The molecule has 1 fully saturated rings. The highest BCUT2D eigenvalue weighted by Crippen LogP contribution is 2.23. The van der Waals surface area contributed by atoms with Crippen molar-refractivity contribution >= 4 is 0 Å². The van der Waals surface area contributed by atoms with E-state index >= 15 is 0 Å². The van der Waals surface area contributed by atoms with Crippen LogP contribution in [0.5, 0.6) is 0 Å². The van der Waals surface area contributed by atoms with E-state index in [4.69, 9.17) is 10.8 Å². The average molecular weight is 228 g/mol. The Kier molecular flexibility index (Phi) is 6.32. The maximum Gasteiger partial charge on any atom is 0.0468 e. The summed E-state index contributed by atoms with van der Waals surface area (Å²) in [6.07, 6.45) is 6.00. The summed E-state index contributed by atoms with van der Waals surface area (Å²) in [6, 6.07) is 1.13. The van der Waals surface area contributed by atoms with Gasteiger partial charge in [0.15, 0.2) is 0 Å². The third-order valence-corrected chi connectivity index (χ3v) is 3.63. The van der Waals surface area contributed by atoms with E-state index in [1.807, 2.05) is 0 Å². The molecule has 1 aliphatic rings. The van der Waals surface area contributed by atoms with Gasteiger partial charge >= 0.3 is 0 Å². The zero-order valence-electron chi connectivity index (χ0n) is 10.9. The zero-order valence-corrected chi connectivity index (χ0v) is 10.9. The van der Waals surface area contributed by atoms with Gasteiger partial charge in [-0.2, -0.15) is 0 Å². The van der Waals surface area contributed by atoms with E-state index in [0.29, 0.717) is 24.6 Å². The van der Waals surface area contributed by atoms with Crippen LogP contribution in [0, 0.1) is 5.92 Å². The molecule has 0 aromatic carbocycles. The number of nitrogens with two attached hydrogens (primary N) is 1. The van der Waals surface area contributed by atoms with Gasteiger partial charge in [-0.05, 0) is 44.6 Å². The van der Waals surface area contributed by atoms with Gasteiger partial charge in [-0.15, -0.1) is 0 Å². The molecule has 1 atom stereocenters. The number of nitrogens with zero attached hydrogens (tertiary/aromatic N) is 1. The van der Waals surface area contributed by atoms with E-state index in [-0.39, 0.29) is 0 Å². The quantitative estimate of drug-likeness (QED) is 0.726. The van der Waals surface area contributed by atoms with Gasteiger partial charge in [0, 0.05) is 25.2 Å². The monoisotopic (exact) mass is 228 g/mol. The Morgan fingerprint density at radius 2 is 1.94 bits per heavy atom. The summed E-state index contributed by atoms with van der Waals surface area (Å²) < 4.78 is 0. The minimum Gasteiger partial charge on any atom is -0.396 e. The normalized spacial score (nSPS) is 28.3. The first kappa shape index (κ1) is 13.9. The largest absolute Gasteiger partial charge is 0.396 e. The highest BCUT2D eigenvalue weighted by atomic mass is 16.3. The van der Waals surface area contributed by atoms with Crippen LogP contribution in [0.3, 0.4) is 0 Å². The third-order valence-electron chi connectivity index (χ3n) is 3.63. The summed E-state index contributed by atoms with van der Waals surface area (Å²) in [5.74, 6) is 0.391. The summed E-state index contributed by atoms with van der Waals surface area (Å²) in [5, 5.41) is 9.15. The van der Waals surface area contributed by atoms with Crippen LogP contribution in [-0.4, -0.2) is 41.8 Å². The van der Waals surface area contributed by atoms with Crippen LogP contribution in [0.4, 0.5) is 0 Å². The lowest BCUT2D eigenvalue weighted by molar-refractivity contribution is 0.110. The zero-order chi connectivity index (χ0) is 12.0. The Morgan fingerprint density at radius 3 is 2.44 bits per heavy atom. The molecule has 1 unspecified atom stereocenters. The van der Waals surface area contributed by atoms with Gasteiger partial charge in [0.1, 0.15) is 0 Å². The van der Waals surface area contributed by atoms with Crippen LogP contribution in [0.1, 0.15) is 46.0 Å². The van der Waals surface area contributed by atoms with Crippen molar-refractivity contribution in [1.29, 1.82) is 0 Å². The van der Waals surface area contributed by atoms with Crippen LogP contribution in [0.2, 0.25) is 0 Å². The molecule has 1 saturated carbocycles. The van der Waals surface area contributed by atoms with Crippen molar-refractivity contribution in [1.82, 2.24) is 4.90 Å². The van der Waals surface area contributed by atoms with Crippen LogP contribution >= 0.6 is 0 Å². The number of hydrogen-bond donors (Lipinski definition) is 2. The van der Waals surface area contributed by atoms with E-state index in [2.05, 4.69) is 18.7 Å². The van der Waals surface area contributed by atoms with Crippen molar-refractivity contribution in [3.8, 4) is 0 Å². The second kappa shape index (κ2) is 7.25. The summed E-state index contributed by atoms with van der Waals surface area (Å²) in [7, 11) is 0. The topological polar surface area (TPSA) is 49.5 Å². The molecule has 0 heterocycles. The van der Waals surface area contributed by atoms with Crippen LogP contribution in [-0.2, 0) is 0 Å². The predicted octanol–water partition coefficient (Wildman–Crippen LogP) is 1.60. The molecule has 0 aromatic heterocycles. The minimum atomic E-state index is 0.298. The van der Waals surface area contributed by atoms with Crippen molar-refractivity contribution in [3.63, 3.8) is 0 Å². The Morgan fingerprint density at radius 1 is 1.31 bits per heavy atom. The molecule has 0 bridgehead atoms. The summed E-state index contributed by atoms with van der Waals surface area (Å²) in [4.78, 5) is 2.56. The lowest BCUT2D eigenvalue weighted by Gasteiger charge is -2.37. The van der Waals surface area contributed by atoms with Gasteiger partial charge in [-0.25, -0.2) is 0 Å². The molecule has 96 valence electrons. The summed E-state index contributed by atoms with van der Waals surface area (Å²) >= 11 is 0. The Bertz CT molecular complexity index is 179. The molecule has 0 radical (unpaired) electrons. The number of hydrogen-bond acceptors (Lipinski definition) is 3. The molecule has 0 aliphatic heterocycles. The number of aliphatic hydroxyl groups is 1. The first-order valence-electron chi connectivity index (χ1n) is 6.77. The first-order valence-corrected chi connectivity index (χ1v) is 6.77. The standard InChI is InChI=1S/C13H28N2O/c1-3-8-15(9-11(2)10-16)13-6-4-12(14)5-7-13/h11-13,16H,3-10,14H2,1-2H3. The van der Waals surface area contributed by atoms with Crippen molar-refractivity contribution in [3.05, 3.63) is 0 Å². The van der Waals surface area contributed by atoms with Gasteiger partial charge in [-0.1, -0.05) is 13.8 Å². The van der Waals surface area contributed by atoms with E-state index in [9.17, 15) is 0 Å². The second-order valence-corrected chi connectivity index (χ2v) is 5.35. The van der Waals surface area contributed by atoms with Gasteiger partial charge in [0.25, 0.3) is 0 Å². The Balaban J connectivity index is 2.42. The van der Waals surface area contributed by atoms with Crippen molar-refractivity contribution in [2.45, 2.75) is 58.0 Å². The Labute approximate surface area is 100 Å². The average Bonchev–Trinajstić information content (AvgIpc) is 2.29. The molecule has 16 heavy (non-hydrogen) atoms. The van der Waals surface area contributed by atoms with E-state index in [1.165, 1.54) is 32.1 Å². The number of aliphatic hydroxyl groups excluding tert-OH is 1. The molecular weight excluding hydrogens is 200 g/mol. The maximum absolute atomic E-state index is 9.15. The van der Waals surface area contributed by atoms with Gasteiger partial charge in [0.2, 0.25) is 0 Å². The fraction of sp³-hybridized carbons (Fsp3) is 1.00. The molecule has 0 saturated heterocycles. The maximum atomic E-state index is 9.15. The SMILES string of the molecule is CCCN(CC(C)CO)C1CCC(N)CC1. The summed E-state index contributed by atoms with van der Waals surface area (Å²) in [6.45, 7) is 6.84. The van der Waals surface area contributed by atoms with E-state index < -0.39 is 0 Å². The van der Waals surface area contributed by atoms with E-state index in [0.717, 1.165) is 13.1 Å². The first-order chi connectivity index (χ1) is 7.67. The second-order valence-electron chi connectivity index (χ2n) is 5.35. The van der Waals surface area contributed by atoms with Gasteiger partial charge in [-0.3, -0.25) is 0 Å². The highest BCUT2D eigenvalue weighted by molar-refractivity contribution is 4.81. The molecule has 3 heteroatoms. The fourth-order valence-electron chi connectivity index (χ4n) is 2.63. The van der Waals surface area contributed by atoms with Crippen LogP contribution < -0.4 is 5.73 Å². The van der Waals surface area contributed by atoms with Crippen molar-refractivity contribution < 1.29 is 5.11 Å². The molecule has 1 aliphatic carbocycles. The molecule has 3 N–H and O–H groups in total. The van der Waals surface area contributed by atoms with Gasteiger partial charge < -0.3 is 15.7 Å². The molecule has 0 amide bonds. The summed E-state index contributed by atoms with van der Waals surface area (Å²) in [5.41, 5.74) is 5.94. The van der Waals surface area contributed by atoms with Crippen molar-refractivity contribution in [2.75, 3.05) is 19.7 Å². The van der Waals surface area contributed by atoms with Crippen LogP contribution in [0.15, 0.2) is 0 Å². The van der Waals surface area contributed by atoms with Gasteiger partial charge in [0.05, 0.1) is 0 Å². The lowest BCUT2D eigenvalue weighted by atomic mass is 9.90. The molecule has 1 rings (SSSR count). The molecule has 0 spiro atoms. The minimum absolute atomic E-state index is 0.298. The van der Waals surface area contributed by atoms with Crippen molar-refractivity contribution in [2.24, 2.45) is 11.7 Å². The molecular formula is C13H28N2O. The molecule has 3 nitrogen and oxygen atoms in total. The van der Waals surface area contributed by atoms with Crippen LogP contribution in [0.25, 0.3) is 0 Å². The smallest absolute Gasteiger partial charge is 0.0468 e.